The van der Waals surface area contributed by atoms with Crippen LogP contribution in [0.1, 0.15) is 66.9 Å². The maximum Gasteiger partial charge on any atom is 0.326 e. The summed E-state index contributed by atoms with van der Waals surface area (Å²) in [5.74, 6) is -2.38. The fraction of sp³-hybridized carbons (Fsp3) is 0.655. The number of amides is 3. The molecule has 9 heteroatoms. The topological polar surface area (TPSA) is 119 Å². The average Bonchev–Trinajstić information content (AvgIpc) is 3.32. The molecule has 3 unspecified atom stereocenters. The van der Waals surface area contributed by atoms with Crippen molar-refractivity contribution in [3.8, 4) is 0 Å². The third-order valence-corrected chi connectivity index (χ3v) is 7.66. The van der Waals surface area contributed by atoms with Gasteiger partial charge in [0.25, 0.3) is 0 Å². The van der Waals surface area contributed by atoms with E-state index in [0.717, 1.165) is 5.56 Å². The molecular weight excluding hydrogens is 484 g/mol. The number of nitrogens with zero attached hydrogens (tertiary/aromatic N) is 2. The van der Waals surface area contributed by atoms with E-state index < -0.39 is 46.9 Å². The van der Waals surface area contributed by atoms with Gasteiger partial charge in [-0.1, -0.05) is 78.8 Å². The Balaban J connectivity index is 2.34. The highest BCUT2D eigenvalue weighted by Crippen LogP contribution is 2.29. The molecule has 1 fully saturated rings. The minimum absolute atomic E-state index is 0.259. The van der Waals surface area contributed by atoms with Crippen LogP contribution in [0.4, 0.5) is 0 Å². The molecule has 38 heavy (non-hydrogen) atoms. The lowest BCUT2D eigenvalue weighted by atomic mass is 9.76. The second-order valence-electron chi connectivity index (χ2n) is 12.3. The zero-order chi connectivity index (χ0) is 29.0. The Bertz CT molecular complexity index is 1000. The summed E-state index contributed by atoms with van der Waals surface area (Å²) in [6.07, 6.45) is 1.00. The molecule has 2 rings (SSSR count). The summed E-state index contributed by atoms with van der Waals surface area (Å²) in [5, 5.41) is 15.7. The van der Waals surface area contributed by atoms with Crippen molar-refractivity contribution in [1.29, 1.82) is 0 Å². The fourth-order valence-electron chi connectivity index (χ4n) is 5.42. The number of rotatable bonds is 10. The fourth-order valence-corrected chi connectivity index (χ4v) is 5.42. The van der Waals surface area contributed by atoms with Gasteiger partial charge < -0.3 is 25.5 Å². The number of likely N-dealkylation sites (tertiary alicyclic amines) is 1. The minimum Gasteiger partial charge on any atom is -0.480 e. The standard InChI is InChI=1S/C29H46N4O5/c1-18(2)21(25(35)33-17-13-16-20(33)27(37)38)32(9)26(36)23(28(3,4)5)31-24(34)22(30-8)29(6,7)19-14-11-10-12-15-19/h10-12,14-15,18,20-23,30H,13,16-17H2,1-9H3,(H,31,34)(H,37,38)/t20-,21?,22?,23?/m0/s1. The van der Waals surface area contributed by atoms with Gasteiger partial charge in [0, 0.05) is 19.0 Å². The molecule has 0 bridgehead atoms. The quantitative estimate of drug-likeness (QED) is 0.428. The number of nitrogens with one attached hydrogen (secondary N) is 2. The van der Waals surface area contributed by atoms with Crippen molar-refractivity contribution >= 4 is 23.7 Å². The molecule has 9 nitrogen and oxygen atoms in total. The molecule has 1 aliphatic heterocycles. The van der Waals surface area contributed by atoms with Crippen LogP contribution in [-0.2, 0) is 24.6 Å². The Labute approximate surface area is 227 Å². The van der Waals surface area contributed by atoms with Gasteiger partial charge in [-0.25, -0.2) is 4.79 Å². The van der Waals surface area contributed by atoms with Crippen molar-refractivity contribution < 1.29 is 24.3 Å². The van der Waals surface area contributed by atoms with Crippen molar-refractivity contribution in [3.05, 3.63) is 35.9 Å². The number of carbonyl (C=O) groups is 4. The zero-order valence-corrected chi connectivity index (χ0v) is 24.4. The molecule has 3 N–H and O–H groups in total. The van der Waals surface area contributed by atoms with E-state index in [-0.39, 0.29) is 17.7 Å². The first kappa shape index (κ1) is 31.3. The van der Waals surface area contributed by atoms with Gasteiger partial charge in [0.15, 0.2) is 0 Å². The molecule has 1 aromatic carbocycles. The second kappa shape index (κ2) is 12.3. The molecule has 1 aliphatic rings. The normalized spacial score (nSPS) is 18.6. The van der Waals surface area contributed by atoms with Crippen LogP contribution in [0.15, 0.2) is 30.3 Å². The molecule has 3 amide bonds. The van der Waals surface area contributed by atoms with Gasteiger partial charge in [0.2, 0.25) is 17.7 Å². The number of carbonyl (C=O) groups excluding carboxylic acids is 3. The van der Waals surface area contributed by atoms with Crippen LogP contribution in [0.3, 0.4) is 0 Å². The summed E-state index contributed by atoms with van der Waals surface area (Å²) >= 11 is 0. The lowest BCUT2D eigenvalue weighted by Gasteiger charge is -2.40. The van der Waals surface area contributed by atoms with E-state index in [9.17, 15) is 24.3 Å². The van der Waals surface area contributed by atoms with E-state index in [1.807, 2.05) is 78.8 Å². The molecular formula is C29H46N4O5. The molecule has 1 saturated heterocycles. The maximum absolute atomic E-state index is 13.9. The van der Waals surface area contributed by atoms with Gasteiger partial charge in [0.1, 0.15) is 18.1 Å². The first-order valence-electron chi connectivity index (χ1n) is 13.4. The number of hydrogen-bond acceptors (Lipinski definition) is 5. The highest BCUT2D eigenvalue weighted by Gasteiger charge is 2.45. The Kier molecular flexibility index (Phi) is 10.1. The lowest BCUT2D eigenvalue weighted by molar-refractivity contribution is -0.154. The number of likely N-dealkylation sites (N-methyl/N-ethyl adjacent to an activating group) is 2. The summed E-state index contributed by atoms with van der Waals surface area (Å²) in [6, 6.07) is 6.44. The SMILES string of the molecule is CNC(C(=O)NC(C(=O)N(C)C(C(=O)N1CCC[C@H]1C(=O)O)C(C)C)C(C)(C)C)C(C)(C)c1ccccc1. The molecule has 1 aromatic rings. The lowest BCUT2D eigenvalue weighted by Crippen LogP contribution is -2.63. The minimum atomic E-state index is -1.04. The third kappa shape index (κ3) is 6.73. The summed E-state index contributed by atoms with van der Waals surface area (Å²) in [5.41, 5.74) is -0.248. The van der Waals surface area contributed by atoms with Crippen LogP contribution >= 0.6 is 0 Å². The molecule has 0 aliphatic carbocycles. The summed E-state index contributed by atoms with van der Waals surface area (Å²) < 4.78 is 0. The van der Waals surface area contributed by atoms with Crippen LogP contribution in [-0.4, -0.2) is 83.4 Å². The molecule has 0 spiro atoms. The van der Waals surface area contributed by atoms with Gasteiger partial charge in [-0.05, 0) is 36.8 Å². The smallest absolute Gasteiger partial charge is 0.326 e. The molecule has 4 atom stereocenters. The van der Waals surface area contributed by atoms with Gasteiger partial charge >= 0.3 is 5.97 Å². The van der Waals surface area contributed by atoms with Crippen molar-refractivity contribution in [1.82, 2.24) is 20.4 Å². The van der Waals surface area contributed by atoms with Crippen molar-refractivity contribution in [2.45, 2.75) is 90.9 Å². The predicted molar refractivity (Wildman–Crippen MR) is 147 cm³/mol. The van der Waals surface area contributed by atoms with Gasteiger partial charge in [-0.3, -0.25) is 14.4 Å². The van der Waals surface area contributed by atoms with E-state index in [1.165, 1.54) is 9.80 Å². The highest BCUT2D eigenvalue weighted by atomic mass is 16.4. The zero-order valence-electron chi connectivity index (χ0n) is 24.4. The Morgan fingerprint density at radius 2 is 1.61 bits per heavy atom. The van der Waals surface area contributed by atoms with Crippen LogP contribution in [0.2, 0.25) is 0 Å². The first-order valence-corrected chi connectivity index (χ1v) is 13.4. The van der Waals surface area contributed by atoms with Gasteiger partial charge in [-0.15, -0.1) is 0 Å². The monoisotopic (exact) mass is 530 g/mol. The Morgan fingerprint density at radius 1 is 1.03 bits per heavy atom. The predicted octanol–water partition coefficient (Wildman–Crippen LogP) is 2.64. The van der Waals surface area contributed by atoms with Gasteiger partial charge in [-0.2, -0.15) is 0 Å². The van der Waals surface area contributed by atoms with Crippen molar-refractivity contribution in [2.75, 3.05) is 20.6 Å². The molecule has 0 radical (unpaired) electrons. The van der Waals surface area contributed by atoms with Crippen LogP contribution in [0, 0.1) is 11.3 Å². The molecule has 1 heterocycles. The summed E-state index contributed by atoms with van der Waals surface area (Å²) in [4.78, 5) is 55.6. The van der Waals surface area contributed by atoms with Crippen molar-refractivity contribution in [3.63, 3.8) is 0 Å². The van der Waals surface area contributed by atoms with Crippen LogP contribution in [0.5, 0.6) is 0 Å². The number of benzene rings is 1. The molecule has 212 valence electrons. The van der Waals surface area contributed by atoms with E-state index in [0.29, 0.717) is 19.4 Å². The molecule has 0 saturated carbocycles. The van der Waals surface area contributed by atoms with Crippen LogP contribution in [0.25, 0.3) is 0 Å². The van der Waals surface area contributed by atoms with E-state index in [2.05, 4.69) is 10.6 Å². The number of aliphatic carboxylic acids is 1. The second-order valence-corrected chi connectivity index (χ2v) is 12.3. The van der Waals surface area contributed by atoms with Gasteiger partial charge in [0.05, 0.1) is 6.04 Å². The highest BCUT2D eigenvalue weighted by molar-refractivity contribution is 5.95. The third-order valence-electron chi connectivity index (χ3n) is 7.66. The van der Waals surface area contributed by atoms with Crippen molar-refractivity contribution in [2.24, 2.45) is 11.3 Å². The van der Waals surface area contributed by atoms with E-state index >= 15 is 0 Å². The largest absolute Gasteiger partial charge is 0.480 e. The summed E-state index contributed by atoms with van der Waals surface area (Å²) in [7, 11) is 3.28. The Hall–Kier alpha value is -2.94. The summed E-state index contributed by atoms with van der Waals surface area (Å²) in [6.45, 7) is 13.6. The number of carboxylic acid groups (broad SMARTS) is 1. The van der Waals surface area contributed by atoms with E-state index in [1.54, 1.807) is 14.1 Å². The first-order chi connectivity index (χ1) is 17.5. The Morgan fingerprint density at radius 3 is 2.08 bits per heavy atom. The van der Waals surface area contributed by atoms with Crippen LogP contribution < -0.4 is 10.6 Å². The average molecular weight is 531 g/mol. The molecule has 0 aromatic heterocycles. The number of carboxylic acids is 1. The number of hydrogen-bond donors (Lipinski definition) is 3. The van der Waals surface area contributed by atoms with E-state index in [4.69, 9.17) is 0 Å². The maximum atomic E-state index is 13.9.